The maximum Gasteiger partial charge on any atom is 0.270 e. The molecule has 0 unspecified atom stereocenters. The van der Waals surface area contributed by atoms with Crippen molar-refractivity contribution >= 4 is 11.7 Å². The molecule has 1 amide bonds. The molecular weight excluding hydrogens is 278 g/mol. The van der Waals surface area contributed by atoms with Crippen LogP contribution in [0.15, 0.2) is 29.1 Å². The predicted octanol–water partition coefficient (Wildman–Crippen LogP) is 2.79. The predicted molar refractivity (Wildman–Crippen MR) is 86.3 cm³/mol. The molecular formula is C17H21N3O2. The molecule has 1 aromatic heterocycles. The first-order valence-electron chi connectivity index (χ1n) is 7.74. The average Bonchev–Trinajstić information content (AvgIpc) is 2.84. The van der Waals surface area contributed by atoms with Crippen molar-refractivity contribution in [2.45, 2.75) is 45.6 Å². The molecule has 1 aromatic carbocycles. The van der Waals surface area contributed by atoms with E-state index in [2.05, 4.69) is 29.5 Å². The summed E-state index contributed by atoms with van der Waals surface area (Å²) in [6.07, 6.45) is 1.28. The van der Waals surface area contributed by atoms with Crippen LogP contribution in [0.3, 0.4) is 0 Å². The molecule has 3 rings (SSSR count). The van der Waals surface area contributed by atoms with Gasteiger partial charge in [0.2, 0.25) is 5.91 Å². The third-order valence-corrected chi connectivity index (χ3v) is 4.27. The largest absolute Gasteiger partial charge is 0.311 e. The second kappa shape index (κ2) is 5.48. The summed E-state index contributed by atoms with van der Waals surface area (Å²) in [6, 6.07) is 8.26. The normalized spacial score (nSPS) is 17.5. The summed E-state index contributed by atoms with van der Waals surface area (Å²) in [4.78, 5) is 24.5. The Morgan fingerprint density at radius 1 is 1.23 bits per heavy atom. The third-order valence-electron chi connectivity index (χ3n) is 4.27. The number of anilines is 1. The molecule has 0 radical (unpaired) electrons. The maximum atomic E-state index is 12.4. The molecule has 0 aliphatic carbocycles. The molecule has 1 aliphatic heterocycles. The third kappa shape index (κ3) is 2.36. The number of carbonyl (C=O) groups is 1. The Kier molecular flexibility index (Phi) is 3.64. The van der Waals surface area contributed by atoms with E-state index in [1.807, 2.05) is 26.0 Å². The van der Waals surface area contributed by atoms with Crippen molar-refractivity contribution in [3.05, 3.63) is 51.3 Å². The van der Waals surface area contributed by atoms with E-state index >= 15 is 0 Å². The lowest BCUT2D eigenvalue weighted by Gasteiger charge is -2.24. The fourth-order valence-electron chi connectivity index (χ4n) is 3.04. The monoisotopic (exact) mass is 299 g/mol. The van der Waals surface area contributed by atoms with Gasteiger partial charge in [-0.3, -0.25) is 19.4 Å². The SMILES string of the molecule is CCc1ccc([C@@H]2CC(=O)Nc3c2c(=O)[nH]n3C(C)C)cc1. The number of hydrogen-bond acceptors (Lipinski definition) is 2. The molecule has 2 N–H and O–H groups in total. The number of nitrogens with one attached hydrogen (secondary N) is 2. The van der Waals surface area contributed by atoms with Crippen molar-refractivity contribution in [1.29, 1.82) is 0 Å². The fraction of sp³-hybridized carbons (Fsp3) is 0.412. The minimum absolute atomic E-state index is 0.0505. The van der Waals surface area contributed by atoms with E-state index in [1.54, 1.807) is 4.68 Å². The lowest BCUT2D eigenvalue weighted by molar-refractivity contribution is -0.116. The standard InChI is InChI=1S/C17H21N3O2/c1-4-11-5-7-12(8-6-11)13-9-14(21)18-16-15(13)17(22)19-20(16)10(2)3/h5-8,10,13H,4,9H2,1-3H3,(H,18,21)(H,19,22)/t13-/m0/s1. The number of hydrogen-bond donors (Lipinski definition) is 2. The van der Waals surface area contributed by atoms with Crippen LogP contribution in [-0.4, -0.2) is 15.7 Å². The zero-order valence-corrected chi connectivity index (χ0v) is 13.1. The van der Waals surface area contributed by atoms with Crippen molar-refractivity contribution in [1.82, 2.24) is 9.78 Å². The van der Waals surface area contributed by atoms with Crippen molar-refractivity contribution < 1.29 is 4.79 Å². The Morgan fingerprint density at radius 3 is 2.50 bits per heavy atom. The Labute approximate surface area is 129 Å². The highest BCUT2D eigenvalue weighted by atomic mass is 16.2. The number of H-pyrrole nitrogens is 1. The van der Waals surface area contributed by atoms with Crippen molar-refractivity contribution in [2.24, 2.45) is 0 Å². The van der Waals surface area contributed by atoms with Gasteiger partial charge in [-0.05, 0) is 31.4 Å². The second-order valence-electron chi connectivity index (χ2n) is 6.07. The molecule has 0 spiro atoms. The van der Waals surface area contributed by atoms with Crippen molar-refractivity contribution in [3.63, 3.8) is 0 Å². The Morgan fingerprint density at radius 2 is 1.91 bits per heavy atom. The van der Waals surface area contributed by atoms with Gasteiger partial charge in [0.1, 0.15) is 5.82 Å². The van der Waals surface area contributed by atoms with E-state index in [9.17, 15) is 9.59 Å². The molecule has 1 atom stereocenters. The van der Waals surface area contributed by atoms with E-state index < -0.39 is 0 Å². The second-order valence-corrected chi connectivity index (χ2v) is 6.07. The van der Waals surface area contributed by atoms with Crippen LogP contribution in [-0.2, 0) is 11.2 Å². The minimum atomic E-state index is -0.182. The number of aryl methyl sites for hydroxylation is 1. The number of aromatic nitrogens is 2. The highest BCUT2D eigenvalue weighted by molar-refractivity contribution is 5.94. The highest BCUT2D eigenvalue weighted by Gasteiger charge is 2.32. The van der Waals surface area contributed by atoms with Gasteiger partial charge in [0.05, 0.1) is 5.56 Å². The van der Waals surface area contributed by atoms with Gasteiger partial charge < -0.3 is 5.32 Å². The molecule has 5 nitrogen and oxygen atoms in total. The Bertz CT molecular complexity index is 753. The van der Waals surface area contributed by atoms with Crippen molar-refractivity contribution in [2.75, 3.05) is 5.32 Å². The van der Waals surface area contributed by atoms with E-state index in [0.29, 0.717) is 17.8 Å². The van der Waals surface area contributed by atoms with Crippen LogP contribution in [0.2, 0.25) is 0 Å². The van der Waals surface area contributed by atoms with Gasteiger partial charge in [0, 0.05) is 18.4 Å². The van der Waals surface area contributed by atoms with Crippen LogP contribution in [0.25, 0.3) is 0 Å². The maximum absolute atomic E-state index is 12.4. The van der Waals surface area contributed by atoms with Crippen LogP contribution in [0.4, 0.5) is 5.82 Å². The van der Waals surface area contributed by atoms with Gasteiger partial charge in [-0.25, -0.2) is 0 Å². The number of carbonyl (C=O) groups excluding carboxylic acids is 1. The zero-order valence-electron chi connectivity index (χ0n) is 13.1. The van der Waals surface area contributed by atoms with Gasteiger partial charge in [-0.15, -0.1) is 0 Å². The first kappa shape index (κ1) is 14.6. The van der Waals surface area contributed by atoms with Gasteiger partial charge in [0.25, 0.3) is 5.56 Å². The summed E-state index contributed by atoms with van der Waals surface area (Å²) in [7, 11) is 0. The van der Waals surface area contributed by atoms with Crippen LogP contribution >= 0.6 is 0 Å². The first-order chi connectivity index (χ1) is 10.5. The summed E-state index contributed by atoms with van der Waals surface area (Å²) >= 11 is 0. The summed E-state index contributed by atoms with van der Waals surface area (Å²) in [5, 5.41) is 5.69. The molecule has 1 aliphatic rings. The number of fused-ring (bicyclic) bond motifs is 1. The fourth-order valence-corrected chi connectivity index (χ4v) is 3.04. The van der Waals surface area contributed by atoms with Gasteiger partial charge in [0.15, 0.2) is 0 Å². The topological polar surface area (TPSA) is 66.9 Å². The first-order valence-corrected chi connectivity index (χ1v) is 7.74. The molecule has 0 saturated heterocycles. The van der Waals surface area contributed by atoms with Crippen LogP contribution in [0.5, 0.6) is 0 Å². The number of aromatic amines is 1. The van der Waals surface area contributed by atoms with Gasteiger partial charge >= 0.3 is 0 Å². The Balaban J connectivity index is 2.11. The number of benzene rings is 1. The van der Waals surface area contributed by atoms with E-state index in [-0.39, 0.29) is 23.4 Å². The molecule has 0 fully saturated rings. The van der Waals surface area contributed by atoms with E-state index in [0.717, 1.165) is 12.0 Å². The zero-order chi connectivity index (χ0) is 15.9. The average molecular weight is 299 g/mol. The molecule has 2 heterocycles. The lowest BCUT2D eigenvalue weighted by atomic mass is 9.86. The summed E-state index contributed by atoms with van der Waals surface area (Å²) in [5.41, 5.74) is 2.81. The molecule has 116 valence electrons. The number of amides is 1. The number of rotatable bonds is 3. The van der Waals surface area contributed by atoms with Crippen molar-refractivity contribution in [3.8, 4) is 0 Å². The summed E-state index contributed by atoms with van der Waals surface area (Å²) < 4.78 is 1.74. The highest BCUT2D eigenvalue weighted by Crippen LogP contribution is 2.35. The molecule has 5 heteroatoms. The van der Waals surface area contributed by atoms with Gasteiger partial charge in [-0.2, -0.15) is 0 Å². The van der Waals surface area contributed by atoms with Crippen LogP contribution in [0.1, 0.15) is 55.8 Å². The van der Waals surface area contributed by atoms with Gasteiger partial charge in [-0.1, -0.05) is 31.2 Å². The van der Waals surface area contributed by atoms with Crippen LogP contribution < -0.4 is 10.9 Å². The molecule has 0 saturated carbocycles. The number of nitrogens with zero attached hydrogens (tertiary/aromatic N) is 1. The quantitative estimate of drug-likeness (QED) is 0.915. The molecule has 22 heavy (non-hydrogen) atoms. The smallest absolute Gasteiger partial charge is 0.270 e. The van der Waals surface area contributed by atoms with E-state index in [1.165, 1.54) is 5.56 Å². The minimum Gasteiger partial charge on any atom is -0.311 e. The Hall–Kier alpha value is -2.30. The van der Waals surface area contributed by atoms with E-state index in [4.69, 9.17) is 0 Å². The van der Waals surface area contributed by atoms with Crippen LogP contribution in [0, 0.1) is 0 Å². The molecule has 2 aromatic rings. The summed E-state index contributed by atoms with van der Waals surface area (Å²) in [5.74, 6) is 0.379. The lowest BCUT2D eigenvalue weighted by Crippen LogP contribution is -2.27. The molecule has 0 bridgehead atoms. The summed E-state index contributed by atoms with van der Waals surface area (Å²) in [6.45, 7) is 6.05.